The minimum atomic E-state index is -0.195. The molecule has 1 amide bonds. The molecule has 1 fully saturated rings. The lowest BCUT2D eigenvalue weighted by Gasteiger charge is -2.08. The van der Waals surface area contributed by atoms with Crippen molar-refractivity contribution in [2.45, 2.75) is 38.1 Å². The van der Waals surface area contributed by atoms with Gasteiger partial charge in [0.25, 0.3) is 5.56 Å². The molecule has 0 radical (unpaired) electrons. The monoisotopic (exact) mass is 339 g/mol. The van der Waals surface area contributed by atoms with E-state index in [1.54, 1.807) is 36.7 Å². The van der Waals surface area contributed by atoms with Crippen molar-refractivity contribution in [2.24, 2.45) is 0 Å². The smallest absolute Gasteiger partial charge is 0.253 e. The van der Waals surface area contributed by atoms with E-state index in [-0.39, 0.29) is 30.1 Å². The van der Waals surface area contributed by atoms with Crippen LogP contribution in [0.2, 0.25) is 0 Å². The number of rotatable bonds is 8. The zero-order valence-corrected chi connectivity index (χ0v) is 14.0. The highest BCUT2D eigenvalue weighted by atomic mass is 16.2. The molecule has 1 aliphatic rings. The lowest BCUT2D eigenvalue weighted by molar-refractivity contribution is -0.121. The molecule has 130 valence electrons. The van der Waals surface area contributed by atoms with E-state index in [4.69, 9.17) is 0 Å². The molecule has 0 unspecified atom stereocenters. The van der Waals surface area contributed by atoms with Crippen LogP contribution >= 0.6 is 0 Å². The Morgan fingerprint density at radius 3 is 2.60 bits per heavy atom. The summed E-state index contributed by atoms with van der Waals surface area (Å²) in [7, 11) is 0. The number of aromatic nitrogens is 2. The van der Waals surface area contributed by atoms with Gasteiger partial charge in [-0.15, -0.1) is 0 Å². The van der Waals surface area contributed by atoms with E-state index in [2.05, 4.69) is 10.3 Å². The van der Waals surface area contributed by atoms with Gasteiger partial charge in [-0.3, -0.25) is 19.0 Å². The van der Waals surface area contributed by atoms with Gasteiger partial charge in [0.1, 0.15) is 0 Å². The summed E-state index contributed by atoms with van der Waals surface area (Å²) in [5.74, 6) is 0.205. The number of carbonyl (C=O) groups excluding carboxylic acids is 2. The van der Waals surface area contributed by atoms with Crippen molar-refractivity contribution in [2.75, 3.05) is 6.54 Å². The molecule has 0 saturated heterocycles. The molecule has 0 spiro atoms. The molecule has 0 aliphatic heterocycles. The lowest BCUT2D eigenvalue weighted by atomic mass is 10.1. The normalized spacial score (nSPS) is 13.4. The van der Waals surface area contributed by atoms with Gasteiger partial charge in [0, 0.05) is 43.5 Å². The summed E-state index contributed by atoms with van der Waals surface area (Å²) in [5.41, 5.74) is 1.39. The first kappa shape index (κ1) is 17.1. The Morgan fingerprint density at radius 1 is 1.16 bits per heavy atom. The highest BCUT2D eigenvalue weighted by molar-refractivity contribution is 5.97. The van der Waals surface area contributed by atoms with Gasteiger partial charge in [-0.05, 0) is 12.8 Å². The fraction of sp³-hybridized carbons (Fsp3) is 0.368. The van der Waals surface area contributed by atoms with Crippen molar-refractivity contribution in [3.63, 3.8) is 0 Å². The summed E-state index contributed by atoms with van der Waals surface area (Å²) < 4.78 is 1.49. The minimum absolute atomic E-state index is 0.0492. The van der Waals surface area contributed by atoms with Gasteiger partial charge >= 0.3 is 0 Å². The highest BCUT2D eigenvalue weighted by Crippen LogP contribution is 2.38. The van der Waals surface area contributed by atoms with Gasteiger partial charge < -0.3 is 5.32 Å². The van der Waals surface area contributed by atoms with Crippen molar-refractivity contribution < 1.29 is 9.59 Å². The minimum Gasteiger partial charge on any atom is -0.354 e. The maximum Gasteiger partial charge on any atom is 0.253 e. The van der Waals surface area contributed by atoms with Crippen LogP contribution in [0.4, 0.5) is 0 Å². The summed E-state index contributed by atoms with van der Waals surface area (Å²) in [6.07, 6.45) is 4.07. The quantitative estimate of drug-likeness (QED) is 0.745. The SMILES string of the molecule is O=C(CCC(=O)c1ccccc1)NCCn1cnc(C2CC2)cc1=O. The number of ketones is 1. The van der Waals surface area contributed by atoms with Crippen molar-refractivity contribution in [3.05, 3.63) is 64.3 Å². The van der Waals surface area contributed by atoms with E-state index >= 15 is 0 Å². The Hall–Kier alpha value is -2.76. The number of carbonyl (C=O) groups is 2. The first-order chi connectivity index (χ1) is 12.1. The first-order valence-electron chi connectivity index (χ1n) is 8.55. The zero-order valence-electron chi connectivity index (χ0n) is 14.0. The molecule has 6 heteroatoms. The van der Waals surface area contributed by atoms with Crippen molar-refractivity contribution in [1.82, 2.24) is 14.9 Å². The van der Waals surface area contributed by atoms with E-state index < -0.39 is 0 Å². The summed E-state index contributed by atoms with van der Waals surface area (Å²) in [4.78, 5) is 40.1. The van der Waals surface area contributed by atoms with Crippen LogP contribution in [-0.2, 0) is 11.3 Å². The van der Waals surface area contributed by atoms with Gasteiger partial charge in [0.05, 0.1) is 12.0 Å². The van der Waals surface area contributed by atoms with Crippen molar-refractivity contribution in [3.8, 4) is 0 Å². The fourth-order valence-electron chi connectivity index (χ4n) is 2.61. The van der Waals surface area contributed by atoms with Gasteiger partial charge in [-0.2, -0.15) is 0 Å². The van der Waals surface area contributed by atoms with Crippen molar-refractivity contribution >= 4 is 11.7 Å². The Labute approximate surface area is 145 Å². The van der Waals surface area contributed by atoms with Crippen LogP contribution in [0.1, 0.15) is 47.7 Å². The molecule has 6 nitrogen and oxygen atoms in total. The Kier molecular flexibility index (Phi) is 5.38. The third-order valence-corrected chi connectivity index (χ3v) is 4.25. The summed E-state index contributed by atoms with van der Waals surface area (Å²) >= 11 is 0. The standard InChI is InChI=1S/C19H21N3O3/c23-17(15-4-2-1-3-5-15)8-9-18(24)20-10-11-22-13-21-16(12-19(22)25)14-6-7-14/h1-5,12-14H,6-11H2,(H,20,24). The number of hydrogen-bond acceptors (Lipinski definition) is 4. The maximum atomic E-state index is 12.0. The third-order valence-electron chi connectivity index (χ3n) is 4.25. The summed E-state index contributed by atoms with van der Waals surface area (Å²) in [6, 6.07) is 10.5. The third kappa shape index (κ3) is 4.86. The van der Waals surface area contributed by atoms with Crippen LogP contribution in [0, 0.1) is 0 Å². The van der Waals surface area contributed by atoms with E-state index in [0.29, 0.717) is 24.6 Å². The van der Waals surface area contributed by atoms with Crippen LogP contribution < -0.4 is 10.9 Å². The number of nitrogens with one attached hydrogen (secondary N) is 1. The second-order valence-electron chi connectivity index (χ2n) is 6.26. The topological polar surface area (TPSA) is 81.1 Å². The van der Waals surface area contributed by atoms with Crippen LogP contribution in [0.5, 0.6) is 0 Å². The molecule has 1 heterocycles. The number of hydrogen-bond donors (Lipinski definition) is 1. The van der Waals surface area contributed by atoms with E-state index in [1.165, 1.54) is 4.57 Å². The number of amides is 1. The molecule has 1 aromatic carbocycles. The molecule has 3 rings (SSSR count). The molecule has 25 heavy (non-hydrogen) atoms. The average Bonchev–Trinajstić information content (AvgIpc) is 3.47. The zero-order chi connectivity index (χ0) is 17.6. The molecule has 0 bridgehead atoms. The van der Waals surface area contributed by atoms with E-state index in [1.807, 2.05) is 6.07 Å². The molecule has 2 aromatic rings. The predicted octanol–water partition coefficient (Wildman–Crippen LogP) is 1.90. The fourth-order valence-corrected chi connectivity index (χ4v) is 2.61. The van der Waals surface area contributed by atoms with Gasteiger partial charge in [0.15, 0.2) is 5.78 Å². The average molecular weight is 339 g/mol. The van der Waals surface area contributed by atoms with Crippen LogP contribution in [0.3, 0.4) is 0 Å². The second kappa shape index (κ2) is 7.88. The molecule has 1 saturated carbocycles. The van der Waals surface area contributed by atoms with Gasteiger partial charge in [0.2, 0.25) is 5.91 Å². The van der Waals surface area contributed by atoms with Gasteiger partial charge in [-0.25, -0.2) is 4.98 Å². The molecule has 1 aliphatic carbocycles. The summed E-state index contributed by atoms with van der Waals surface area (Å²) in [5, 5.41) is 2.74. The second-order valence-corrected chi connectivity index (χ2v) is 6.26. The van der Waals surface area contributed by atoms with Crippen LogP contribution in [0.25, 0.3) is 0 Å². The maximum absolute atomic E-state index is 12.0. The number of nitrogens with zero attached hydrogens (tertiary/aromatic N) is 2. The lowest BCUT2D eigenvalue weighted by Crippen LogP contribution is -2.31. The van der Waals surface area contributed by atoms with Crippen LogP contribution in [0.15, 0.2) is 47.5 Å². The number of benzene rings is 1. The molecule has 1 aromatic heterocycles. The molecule has 1 N–H and O–H groups in total. The molecular weight excluding hydrogens is 318 g/mol. The molecular formula is C19H21N3O3. The van der Waals surface area contributed by atoms with E-state index in [9.17, 15) is 14.4 Å². The predicted molar refractivity (Wildman–Crippen MR) is 93.5 cm³/mol. The van der Waals surface area contributed by atoms with Gasteiger partial charge in [-0.1, -0.05) is 30.3 Å². The van der Waals surface area contributed by atoms with Crippen molar-refractivity contribution in [1.29, 1.82) is 0 Å². The Bertz CT molecular complexity index is 810. The Balaban J connectivity index is 1.40. The molecule has 0 atom stereocenters. The Morgan fingerprint density at radius 2 is 1.92 bits per heavy atom. The number of Topliss-reactive ketones (excluding diaryl/α,β-unsaturated/α-hetero) is 1. The highest BCUT2D eigenvalue weighted by Gasteiger charge is 2.25. The summed E-state index contributed by atoms with van der Waals surface area (Å²) in [6.45, 7) is 0.706. The first-order valence-corrected chi connectivity index (χ1v) is 8.55. The largest absolute Gasteiger partial charge is 0.354 e. The van der Waals surface area contributed by atoms with Crippen LogP contribution in [-0.4, -0.2) is 27.8 Å². The van der Waals surface area contributed by atoms with E-state index in [0.717, 1.165) is 18.5 Å².